The Bertz CT molecular complexity index is 690. The van der Waals surface area contributed by atoms with E-state index < -0.39 is 0 Å². The summed E-state index contributed by atoms with van der Waals surface area (Å²) < 4.78 is 1.55. The SMILES string of the molecule is CNCc1cccc(Cl)c1-n1cnc(C#N)c1C#N. The van der Waals surface area contributed by atoms with Gasteiger partial charge in [-0.2, -0.15) is 10.5 Å². The van der Waals surface area contributed by atoms with Gasteiger partial charge in [0, 0.05) is 6.54 Å². The lowest BCUT2D eigenvalue weighted by Crippen LogP contribution is -2.10. The fraction of sp³-hybridized carbons (Fsp3) is 0.154. The number of nitrogens with one attached hydrogen (secondary N) is 1. The first-order chi connectivity index (χ1) is 9.22. The smallest absolute Gasteiger partial charge is 0.177 e. The summed E-state index contributed by atoms with van der Waals surface area (Å²) in [5.74, 6) is 0. The third-order valence-corrected chi connectivity index (χ3v) is 2.96. The largest absolute Gasteiger partial charge is 0.316 e. The molecule has 0 amide bonds. The van der Waals surface area contributed by atoms with Crippen molar-refractivity contribution >= 4 is 11.6 Å². The molecule has 2 rings (SSSR count). The summed E-state index contributed by atoms with van der Waals surface area (Å²) in [6.07, 6.45) is 1.44. The first-order valence-corrected chi connectivity index (χ1v) is 5.90. The highest BCUT2D eigenvalue weighted by Gasteiger charge is 2.16. The Morgan fingerprint density at radius 3 is 2.79 bits per heavy atom. The molecule has 2 aromatic rings. The molecule has 0 unspecified atom stereocenters. The van der Waals surface area contributed by atoms with Crippen LogP contribution in [0.4, 0.5) is 0 Å². The van der Waals surface area contributed by atoms with Crippen molar-refractivity contribution in [3.63, 3.8) is 0 Å². The van der Waals surface area contributed by atoms with Gasteiger partial charge in [-0.25, -0.2) is 4.98 Å². The minimum Gasteiger partial charge on any atom is -0.316 e. The molecular formula is C13H10ClN5. The number of halogens is 1. The van der Waals surface area contributed by atoms with Crippen molar-refractivity contribution < 1.29 is 0 Å². The quantitative estimate of drug-likeness (QED) is 0.926. The van der Waals surface area contributed by atoms with Crippen molar-refractivity contribution in [2.75, 3.05) is 7.05 Å². The summed E-state index contributed by atoms with van der Waals surface area (Å²) in [6, 6.07) is 9.37. The Kier molecular flexibility index (Phi) is 3.82. The third kappa shape index (κ3) is 2.30. The van der Waals surface area contributed by atoms with Crippen LogP contribution >= 0.6 is 11.6 Å². The van der Waals surface area contributed by atoms with Gasteiger partial charge < -0.3 is 5.32 Å². The standard InChI is InChI=1S/C13H10ClN5/c1-17-7-9-3-2-4-10(14)13(9)19-8-18-11(5-15)12(19)6-16/h2-4,8,17H,7H2,1H3. The molecule has 0 atom stereocenters. The van der Waals surface area contributed by atoms with Gasteiger partial charge in [-0.15, -0.1) is 0 Å². The van der Waals surface area contributed by atoms with Crippen LogP contribution < -0.4 is 5.32 Å². The summed E-state index contributed by atoms with van der Waals surface area (Å²) >= 11 is 6.21. The highest BCUT2D eigenvalue weighted by Crippen LogP contribution is 2.26. The normalized spacial score (nSPS) is 9.89. The average molecular weight is 272 g/mol. The fourth-order valence-corrected chi connectivity index (χ4v) is 2.15. The zero-order valence-corrected chi connectivity index (χ0v) is 10.9. The molecule has 0 aliphatic heterocycles. The van der Waals surface area contributed by atoms with E-state index in [1.165, 1.54) is 6.33 Å². The number of benzene rings is 1. The Balaban J connectivity index is 2.69. The van der Waals surface area contributed by atoms with Crippen molar-refractivity contribution in [1.82, 2.24) is 14.9 Å². The molecule has 94 valence electrons. The van der Waals surface area contributed by atoms with E-state index in [0.717, 1.165) is 5.56 Å². The van der Waals surface area contributed by atoms with Gasteiger partial charge >= 0.3 is 0 Å². The molecule has 0 aliphatic rings. The topological polar surface area (TPSA) is 77.4 Å². The molecule has 0 radical (unpaired) electrons. The summed E-state index contributed by atoms with van der Waals surface area (Å²) in [4.78, 5) is 3.92. The Hall–Kier alpha value is -2.34. The van der Waals surface area contributed by atoms with E-state index in [2.05, 4.69) is 10.3 Å². The Morgan fingerprint density at radius 1 is 1.37 bits per heavy atom. The van der Waals surface area contributed by atoms with E-state index in [9.17, 15) is 5.26 Å². The van der Waals surface area contributed by atoms with Crippen LogP contribution in [0, 0.1) is 22.7 Å². The maximum atomic E-state index is 9.17. The van der Waals surface area contributed by atoms with E-state index in [1.807, 2.05) is 31.3 Å². The number of para-hydroxylation sites is 1. The van der Waals surface area contributed by atoms with Gasteiger partial charge in [-0.1, -0.05) is 23.7 Å². The molecule has 0 saturated carbocycles. The number of nitrogens with zero attached hydrogens (tertiary/aromatic N) is 4. The van der Waals surface area contributed by atoms with Crippen LogP contribution in [-0.2, 0) is 6.54 Å². The van der Waals surface area contributed by atoms with Gasteiger partial charge in [0.1, 0.15) is 18.5 Å². The van der Waals surface area contributed by atoms with Crippen molar-refractivity contribution in [3.8, 4) is 17.8 Å². The zero-order chi connectivity index (χ0) is 13.8. The molecule has 19 heavy (non-hydrogen) atoms. The van der Waals surface area contributed by atoms with Crippen LogP contribution in [0.3, 0.4) is 0 Å². The molecule has 0 spiro atoms. The molecule has 1 N–H and O–H groups in total. The lowest BCUT2D eigenvalue weighted by atomic mass is 10.1. The first kappa shape index (κ1) is 13.1. The highest BCUT2D eigenvalue weighted by molar-refractivity contribution is 6.32. The Labute approximate surface area is 115 Å². The van der Waals surface area contributed by atoms with E-state index in [-0.39, 0.29) is 11.4 Å². The maximum Gasteiger partial charge on any atom is 0.177 e. The number of hydrogen-bond donors (Lipinski definition) is 1. The van der Waals surface area contributed by atoms with Crippen molar-refractivity contribution in [3.05, 3.63) is 46.5 Å². The first-order valence-electron chi connectivity index (χ1n) is 5.52. The van der Waals surface area contributed by atoms with Gasteiger partial charge in [-0.05, 0) is 18.7 Å². The van der Waals surface area contributed by atoms with Crippen LogP contribution in [0.5, 0.6) is 0 Å². The van der Waals surface area contributed by atoms with Crippen LogP contribution in [0.25, 0.3) is 5.69 Å². The number of imidazole rings is 1. The molecular weight excluding hydrogens is 262 g/mol. The molecule has 0 saturated heterocycles. The van der Waals surface area contributed by atoms with Gasteiger partial charge in [0.15, 0.2) is 11.4 Å². The lowest BCUT2D eigenvalue weighted by molar-refractivity contribution is 0.806. The van der Waals surface area contributed by atoms with Crippen LogP contribution in [-0.4, -0.2) is 16.6 Å². The van der Waals surface area contributed by atoms with E-state index in [4.69, 9.17) is 16.9 Å². The second kappa shape index (κ2) is 5.53. The lowest BCUT2D eigenvalue weighted by Gasteiger charge is -2.12. The van der Waals surface area contributed by atoms with Crippen molar-refractivity contribution in [1.29, 1.82) is 10.5 Å². The van der Waals surface area contributed by atoms with Gasteiger partial charge in [0.05, 0.1) is 10.7 Å². The number of hydrogen-bond acceptors (Lipinski definition) is 4. The van der Waals surface area contributed by atoms with Gasteiger partial charge in [-0.3, -0.25) is 4.57 Å². The maximum absolute atomic E-state index is 9.17. The van der Waals surface area contributed by atoms with E-state index >= 15 is 0 Å². The Morgan fingerprint density at radius 2 is 2.16 bits per heavy atom. The molecule has 1 aromatic heterocycles. The van der Waals surface area contributed by atoms with Crippen molar-refractivity contribution in [2.24, 2.45) is 0 Å². The molecule has 5 nitrogen and oxygen atoms in total. The van der Waals surface area contributed by atoms with Gasteiger partial charge in [0.25, 0.3) is 0 Å². The third-order valence-electron chi connectivity index (χ3n) is 2.66. The summed E-state index contributed by atoms with van der Waals surface area (Å²) in [5, 5.41) is 21.6. The zero-order valence-electron chi connectivity index (χ0n) is 10.2. The van der Waals surface area contributed by atoms with E-state index in [1.54, 1.807) is 10.6 Å². The molecule has 0 aliphatic carbocycles. The summed E-state index contributed by atoms with van der Waals surface area (Å²) in [6.45, 7) is 0.598. The fourth-order valence-electron chi connectivity index (χ4n) is 1.87. The minimum atomic E-state index is 0.0952. The molecule has 1 heterocycles. The van der Waals surface area contributed by atoms with Crippen LogP contribution in [0.1, 0.15) is 17.0 Å². The predicted molar refractivity (Wildman–Crippen MR) is 70.8 cm³/mol. The summed E-state index contributed by atoms with van der Waals surface area (Å²) in [7, 11) is 1.82. The number of rotatable bonds is 3. The monoisotopic (exact) mass is 271 g/mol. The molecule has 0 fully saturated rings. The van der Waals surface area contributed by atoms with Crippen LogP contribution in [0.15, 0.2) is 24.5 Å². The molecule has 0 bridgehead atoms. The van der Waals surface area contributed by atoms with Crippen molar-refractivity contribution in [2.45, 2.75) is 6.54 Å². The number of nitriles is 2. The average Bonchev–Trinajstić information content (AvgIpc) is 2.81. The minimum absolute atomic E-state index is 0.0952. The summed E-state index contributed by atoms with van der Waals surface area (Å²) in [5.41, 5.74) is 1.88. The van der Waals surface area contributed by atoms with Crippen LogP contribution in [0.2, 0.25) is 5.02 Å². The van der Waals surface area contributed by atoms with E-state index in [0.29, 0.717) is 17.3 Å². The predicted octanol–water partition coefficient (Wildman–Crippen LogP) is 1.99. The molecule has 6 heteroatoms. The highest BCUT2D eigenvalue weighted by atomic mass is 35.5. The van der Waals surface area contributed by atoms with Gasteiger partial charge in [0.2, 0.25) is 0 Å². The molecule has 1 aromatic carbocycles. The second-order valence-electron chi connectivity index (χ2n) is 3.81. The number of aromatic nitrogens is 2. The second-order valence-corrected chi connectivity index (χ2v) is 4.22.